The van der Waals surface area contributed by atoms with Crippen LogP contribution in [0.25, 0.3) is 0 Å². The molecule has 1 heterocycles. The van der Waals surface area contributed by atoms with Crippen LogP contribution in [0.2, 0.25) is 0 Å². The molecule has 1 saturated heterocycles. The van der Waals surface area contributed by atoms with E-state index in [4.69, 9.17) is 9.90 Å². The molecule has 1 amide bonds. The zero-order valence-corrected chi connectivity index (χ0v) is 23.9. The van der Waals surface area contributed by atoms with Gasteiger partial charge in [0.15, 0.2) is 0 Å². The molecule has 9 nitrogen and oxygen atoms in total. The van der Waals surface area contributed by atoms with E-state index in [2.05, 4.69) is 46.2 Å². The normalized spacial score (nSPS) is 13.6. The fourth-order valence-corrected chi connectivity index (χ4v) is 5.13. The Morgan fingerprint density at radius 3 is 2.12 bits per heavy atom. The smallest absolute Gasteiger partial charge is 0.475 e. The standard InChI is InChI=1S/C27H32N4O3S.C2HF3O2/c1-20(2)22-10-8-21(9-11-22)19-29-27(32)23-12-13-26(31-16-14-28-15-17-31)25(18-23)30-35(33,34)24-6-4-3-5-7-24;3-2(4,5)1(6)7/h3-13,18,20,28,30H,14-17,19H2,1-2H3,(H,29,32);(H,6,7). The largest absolute Gasteiger partial charge is 0.490 e. The van der Waals surface area contributed by atoms with Gasteiger partial charge in [0.05, 0.1) is 16.3 Å². The van der Waals surface area contributed by atoms with Crippen LogP contribution < -0.4 is 20.3 Å². The molecule has 1 fully saturated rings. The summed E-state index contributed by atoms with van der Waals surface area (Å²) in [5.41, 5.74) is 3.80. The molecule has 3 aromatic rings. The molecule has 1 aliphatic heterocycles. The Kier molecular flexibility index (Phi) is 10.9. The number of alkyl halides is 3. The molecular formula is C29H33F3N4O5S. The van der Waals surface area contributed by atoms with E-state index in [1.54, 1.807) is 42.5 Å². The van der Waals surface area contributed by atoms with Crippen molar-refractivity contribution >= 4 is 33.3 Å². The first-order valence-corrected chi connectivity index (χ1v) is 14.6. The number of anilines is 2. The minimum Gasteiger partial charge on any atom is -0.475 e. The number of carboxylic acids is 1. The monoisotopic (exact) mass is 606 g/mol. The number of halogens is 3. The fraction of sp³-hybridized carbons (Fsp3) is 0.310. The first-order valence-electron chi connectivity index (χ1n) is 13.1. The van der Waals surface area contributed by atoms with Crippen molar-refractivity contribution in [1.82, 2.24) is 10.6 Å². The first kappa shape index (κ1) is 32.4. The van der Waals surface area contributed by atoms with Crippen molar-refractivity contribution in [2.24, 2.45) is 0 Å². The summed E-state index contributed by atoms with van der Waals surface area (Å²) in [4.78, 5) is 24.1. The van der Waals surface area contributed by atoms with Crippen LogP contribution in [-0.4, -0.2) is 57.8 Å². The second-order valence-corrected chi connectivity index (χ2v) is 11.5. The van der Waals surface area contributed by atoms with Crippen molar-refractivity contribution in [3.8, 4) is 0 Å². The summed E-state index contributed by atoms with van der Waals surface area (Å²) in [5.74, 6) is -2.57. The summed E-state index contributed by atoms with van der Waals surface area (Å²) in [6, 6.07) is 21.6. The highest BCUT2D eigenvalue weighted by molar-refractivity contribution is 7.92. The van der Waals surface area contributed by atoms with E-state index >= 15 is 0 Å². The summed E-state index contributed by atoms with van der Waals surface area (Å²) >= 11 is 0. The summed E-state index contributed by atoms with van der Waals surface area (Å²) in [6.07, 6.45) is -5.08. The molecule has 1 aliphatic rings. The highest BCUT2D eigenvalue weighted by Crippen LogP contribution is 2.30. The number of carboxylic acid groups (broad SMARTS) is 1. The van der Waals surface area contributed by atoms with Gasteiger partial charge in [-0.3, -0.25) is 9.52 Å². The number of carbonyl (C=O) groups is 2. The summed E-state index contributed by atoms with van der Waals surface area (Å²) in [5, 5.41) is 13.4. The number of aliphatic carboxylic acids is 1. The lowest BCUT2D eigenvalue weighted by Crippen LogP contribution is -2.43. The molecule has 0 radical (unpaired) electrons. The van der Waals surface area contributed by atoms with Crippen LogP contribution in [0.1, 0.15) is 41.3 Å². The second-order valence-electron chi connectivity index (χ2n) is 9.77. The van der Waals surface area contributed by atoms with Gasteiger partial charge >= 0.3 is 12.1 Å². The molecule has 0 aliphatic carbocycles. The van der Waals surface area contributed by atoms with Crippen molar-refractivity contribution in [1.29, 1.82) is 0 Å². The molecular weight excluding hydrogens is 573 g/mol. The zero-order chi connectivity index (χ0) is 30.9. The zero-order valence-electron chi connectivity index (χ0n) is 23.1. The van der Waals surface area contributed by atoms with Crippen molar-refractivity contribution in [2.45, 2.75) is 37.4 Å². The van der Waals surface area contributed by atoms with Crippen LogP contribution in [0.3, 0.4) is 0 Å². The van der Waals surface area contributed by atoms with Crippen LogP contribution in [0.15, 0.2) is 77.7 Å². The van der Waals surface area contributed by atoms with Crippen molar-refractivity contribution < 1.29 is 36.3 Å². The van der Waals surface area contributed by atoms with Gasteiger partial charge in [-0.05, 0) is 47.4 Å². The molecule has 0 aromatic heterocycles. The Bertz CT molecular complexity index is 1460. The number of amides is 1. The SMILES string of the molecule is CC(C)c1ccc(CNC(=O)c2ccc(N3CCNCC3)c(NS(=O)(=O)c3ccccc3)c2)cc1.O=C(O)C(F)(F)F. The predicted octanol–water partition coefficient (Wildman–Crippen LogP) is 4.58. The van der Waals surface area contributed by atoms with Gasteiger partial charge in [0.1, 0.15) is 0 Å². The number of sulfonamides is 1. The lowest BCUT2D eigenvalue weighted by atomic mass is 10.0. The third kappa shape index (κ3) is 9.21. The highest BCUT2D eigenvalue weighted by atomic mass is 32.2. The Morgan fingerprint density at radius 2 is 1.57 bits per heavy atom. The molecule has 13 heteroatoms. The third-order valence-electron chi connectivity index (χ3n) is 6.36. The summed E-state index contributed by atoms with van der Waals surface area (Å²) in [6.45, 7) is 7.79. The average molecular weight is 607 g/mol. The van der Waals surface area contributed by atoms with E-state index in [-0.39, 0.29) is 10.8 Å². The molecule has 0 spiro atoms. The number of nitrogens with zero attached hydrogens (tertiary/aromatic N) is 1. The number of hydrogen-bond acceptors (Lipinski definition) is 6. The van der Waals surface area contributed by atoms with E-state index in [0.29, 0.717) is 23.7 Å². The molecule has 0 unspecified atom stereocenters. The van der Waals surface area contributed by atoms with E-state index in [1.165, 1.54) is 5.56 Å². The number of benzene rings is 3. The molecule has 226 valence electrons. The summed E-state index contributed by atoms with van der Waals surface area (Å²) in [7, 11) is -3.81. The average Bonchev–Trinajstić information content (AvgIpc) is 2.96. The van der Waals surface area contributed by atoms with Crippen LogP contribution >= 0.6 is 0 Å². The van der Waals surface area contributed by atoms with Crippen molar-refractivity contribution in [3.63, 3.8) is 0 Å². The fourth-order valence-electron chi connectivity index (χ4n) is 4.05. The molecule has 42 heavy (non-hydrogen) atoms. The number of hydrogen-bond donors (Lipinski definition) is 4. The topological polar surface area (TPSA) is 128 Å². The molecule has 0 bridgehead atoms. The minimum atomic E-state index is -5.08. The first-order chi connectivity index (χ1) is 19.8. The van der Waals surface area contributed by atoms with Crippen molar-refractivity contribution in [2.75, 3.05) is 35.8 Å². The lowest BCUT2D eigenvalue weighted by molar-refractivity contribution is -0.192. The number of piperazine rings is 1. The van der Waals surface area contributed by atoms with Crippen LogP contribution in [0.4, 0.5) is 24.5 Å². The maximum atomic E-state index is 13.1. The highest BCUT2D eigenvalue weighted by Gasteiger charge is 2.38. The van der Waals surface area contributed by atoms with E-state index in [9.17, 15) is 26.4 Å². The van der Waals surface area contributed by atoms with E-state index in [1.807, 2.05) is 18.2 Å². The number of rotatable bonds is 8. The molecule has 4 N–H and O–H groups in total. The Morgan fingerprint density at radius 1 is 0.976 bits per heavy atom. The maximum absolute atomic E-state index is 13.1. The number of nitrogens with one attached hydrogen (secondary N) is 3. The third-order valence-corrected chi connectivity index (χ3v) is 7.74. The van der Waals surface area contributed by atoms with Crippen LogP contribution in [-0.2, 0) is 21.4 Å². The van der Waals surface area contributed by atoms with Gasteiger partial charge in [-0.25, -0.2) is 13.2 Å². The van der Waals surface area contributed by atoms with Gasteiger partial charge in [-0.2, -0.15) is 13.2 Å². The van der Waals surface area contributed by atoms with Gasteiger partial charge in [0, 0.05) is 38.3 Å². The minimum absolute atomic E-state index is 0.172. The molecule has 3 aromatic carbocycles. The van der Waals surface area contributed by atoms with Gasteiger partial charge < -0.3 is 20.6 Å². The van der Waals surface area contributed by atoms with Crippen molar-refractivity contribution in [3.05, 3.63) is 89.5 Å². The number of carbonyl (C=O) groups excluding carboxylic acids is 1. The molecule has 4 rings (SSSR count). The van der Waals surface area contributed by atoms with Crippen LogP contribution in [0.5, 0.6) is 0 Å². The summed E-state index contributed by atoms with van der Waals surface area (Å²) < 4.78 is 60.6. The quantitative estimate of drug-likeness (QED) is 0.296. The Balaban J connectivity index is 0.000000616. The second kappa shape index (κ2) is 14.2. The van der Waals surface area contributed by atoms with E-state index < -0.39 is 22.2 Å². The predicted molar refractivity (Wildman–Crippen MR) is 154 cm³/mol. The van der Waals surface area contributed by atoms with Gasteiger partial charge in [-0.1, -0.05) is 56.3 Å². The molecule has 0 saturated carbocycles. The van der Waals surface area contributed by atoms with E-state index in [0.717, 1.165) is 37.4 Å². The maximum Gasteiger partial charge on any atom is 0.490 e. The Labute approximate surface area is 242 Å². The van der Waals surface area contributed by atoms with Gasteiger partial charge in [0.25, 0.3) is 15.9 Å². The Hall–Kier alpha value is -4.10. The van der Waals surface area contributed by atoms with Gasteiger partial charge in [0.2, 0.25) is 0 Å². The van der Waals surface area contributed by atoms with Gasteiger partial charge in [-0.15, -0.1) is 0 Å². The lowest BCUT2D eigenvalue weighted by Gasteiger charge is -2.31. The molecule has 0 atom stereocenters. The van der Waals surface area contributed by atoms with Crippen LogP contribution in [0, 0.1) is 0 Å².